The molecule has 3 heterocycles. The lowest BCUT2D eigenvalue weighted by Gasteiger charge is -2.50. The van der Waals surface area contributed by atoms with Gasteiger partial charge >= 0.3 is 0 Å². The van der Waals surface area contributed by atoms with Crippen molar-refractivity contribution in [1.29, 1.82) is 0 Å². The molecule has 0 unspecified atom stereocenters. The molecule has 152 valence electrons. The van der Waals surface area contributed by atoms with Crippen molar-refractivity contribution in [2.45, 2.75) is 25.6 Å². The van der Waals surface area contributed by atoms with Crippen molar-refractivity contribution in [3.8, 4) is 5.75 Å². The fourth-order valence-corrected chi connectivity index (χ4v) is 4.55. The average molecular weight is 401 g/mol. The van der Waals surface area contributed by atoms with Crippen LogP contribution in [-0.4, -0.2) is 35.3 Å². The van der Waals surface area contributed by atoms with Gasteiger partial charge in [0.05, 0.1) is 6.61 Å². The summed E-state index contributed by atoms with van der Waals surface area (Å²) >= 11 is 0. The Morgan fingerprint density at radius 3 is 2.50 bits per heavy atom. The highest BCUT2D eigenvalue weighted by molar-refractivity contribution is 5.95. The number of rotatable bonds is 1. The van der Waals surface area contributed by atoms with Gasteiger partial charge in [-0.2, -0.15) is 0 Å². The van der Waals surface area contributed by atoms with Gasteiger partial charge < -0.3 is 9.64 Å². The Balaban J connectivity index is 1.83. The molecule has 0 N–H and O–H groups in total. The maximum absolute atomic E-state index is 13.2. The predicted octanol–water partition coefficient (Wildman–Crippen LogP) is 3.08. The molecule has 0 spiro atoms. The van der Waals surface area contributed by atoms with E-state index in [1.807, 2.05) is 41.1 Å². The van der Waals surface area contributed by atoms with Gasteiger partial charge in [-0.1, -0.05) is 48.5 Å². The number of amides is 1. The van der Waals surface area contributed by atoms with Gasteiger partial charge in [0.1, 0.15) is 23.7 Å². The van der Waals surface area contributed by atoms with Crippen molar-refractivity contribution >= 4 is 5.91 Å². The summed E-state index contributed by atoms with van der Waals surface area (Å²) in [6.45, 7) is 2.21. The third-order valence-corrected chi connectivity index (χ3v) is 6.07. The maximum atomic E-state index is 13.2. The highest BCUT2D eigenvalue weighted by Crippen LogP contribution is 2.39. The van der Waals surface area contributed by atoms with E-state index in [-0.39, 0.29) is 23.5 Å². The first-order valence-corrected chi connectivity index (χ1v) is 10.1. The number of ether oxygens (including phenoxy) is 1. The summed E-state index contributed by atoms with van der Waals surface area (Å²) in [5.41, 5.74) is 2.87. The fourth-order valence-electron chi connectivity index (χ4n) is 4.55. The Bertz CT molecular complexity index is 1170. The molecule has 0 fully saturated rings. The molecule has 6 heteroatoms. The zero-order valence-corrected chi connectivity index (χ0v) is 17.0. The Hall–Kier alpha value is -3.54. The first-order chi connectivity index (χ1) is 14.6. The molecule has 2 aromatic carbocycles. The quantitative estimate of drug-likeness (QED) is 0.629. The average Bonchev–Trinajstić information content (AvgIpc) is 2.75. The standard InChI is InChI=1S/C24H23N3O3/c1-16-19(28)12-14-26-22(16)24(29)25(2)21-13-15-30-20-11-7-6-10-18(20)23(27(21)26)17-8-4-3-5-9-17/h3-12,14,21,23H,13,15H2,1-2H3/t21-,23+/m0/s1. The van der Waals surface area contributed by atoms with Gasteiger partial charge in [-0.3, -0.25) is 19.3 Å². The molecule has 6 nitrogen and oxygen atoms in total. The van der Waals surface area contributed by atoms with E-state index in [4.69, 9.17) is 4.74 Å². The fraction of sp³-hybridized carbons (Fsp3) is 0.250. The summed E-state index contributed by atoms with van der Waals surface area (Å²) in [7, 11) is 1.80. The van der Waals surface area contributed by atoms with E-state index in [2.05, 4.69) is 23.2 Å². The molecule has 1 amide bonds. The second kappa shape index (κ2) is 7.06. The van der Waals surface area contributed by atoms with Crippen LogP contribution in [-0.2, 0) is 0 Å². The lowest BCUT2D eigenvalue weighted by molar-refractivity contribution is 0.0578. The minimum absolute atomic E-state index is 0.131. The second-order valence-electron chi connectivity index (χ2n) is 7.76. The maximum Gasteiger partial charge on any atom is 0.274 e. The van der Waals surface area contributed by atoms with Crippen LogP contribution < -0.4 is 15.2 Å². The summed E-state index contributed by atoms with van der Waals surface area (Å²) in [4.78, 5) is 27.3. The van der Waals surface area contributed by atoms with Gasteiger partial charge in [0, 0.05) is 36.9 Å². The van der Waals surface area contributed by atoms with Gasteiger partial charge in [0.2, 0.25) is 0 Å². The minimum Gasteiger partial charge on any atom is -0.493 e. The van der Waals surface area contributed by atoms with Crippen LogP contribution in [0.2, 0.25) is 0 Å². The molecule has 2 aliphatic heterocycles. The van der Waals surface area contributed by atoms with Crippen molar-refractivity contribution in [3.05, 3.63) is 99.5 Å². The number of hydrogen-bond acceptors (Lipinski definition) is 4. The van der Waals surface area contributed by atoms with E-state index >= 15 is 0 Å². The largest absolute Gasteiger partial charge is 0.493 e. The molecule has 3 aromatic rings. The van der Waals surface area contributed by atoms with E-state index in [9.17, 15) is 9.59 Å². The van der Waals surface area contributed by atoms with Gasteiger partial charge in [-0.05, 0) is 18.6 Å². The van der Waals surface area contributed by atoms with Crippen LogP contribution >= 0.6 is 0 Å². The van der Waals surface area contributed by atoms with Crippen LogP contribution in [0, 0.1) is 6.92 Å². The Morgan fingerprint density at radius 1 is 0.967 bits per heavy atom. The highest BCUT2D eigenvalue weighted by Gasteiger charge is 2.42. The number of fused-ring (bicyclic) bond motifs is 4. The molecule has 2 atom stereocenters. The number of carbonyl (C=O) groups excluding carboxylic acids is 1. The lowest BCUT2D eigenvalue weighted by atomic mass is 9.95. The lowest BCUT2D eigenvalue weighted by Crippen LogP contribution is -2.62. The number of aromatic nitrogens is 1. The third kappa shape index (κ3) is 2.71. The molecule has 0 aliphatic carbocycles. The summed E-state index contributed by atoms with van der Waals surface area (Å²) in [5.74, 6) is 0.691. The third-order valence-electron chi connectivity index (χ3n) is 6.07. The molecular formula is C24H23N3O3. The van der Waals surface area contributed by atoms with Gasteiger partial charge in [0.15, 0.2) is 5.43 Å². The number of carbonyl (C=O) groups is 1. The normalized spacial score (nSPS) is 20.4. The van der Waals surface area contributed by atoms with Gasteiger partial charge in [-0.15, -0.1) is 0 Å². The van der Waals surface area contributed by atoms with Crippen LogP contribution in [0.3, 0.4) is 0 Å². The monoisotopic (exact) mass is 401 g/mol. The van der Waals surface area contributed by atoms with E-state index in [0.717, 1.165) is 16.9 Å². The molecule has 30 heavy (non-hydrogen) atoms. The minimum atomic E-state index is -0.217. The van der Waals surface area contributed by atoms with Crippen molar-refractivity contribution in [1.82, 2.24) is 9.58 Å². The van der Waals surface area contributed by atoms with Crippen LogP contribution in [0.5, 0.6) is 5.75 Å². The number of para-hydroxylation sites is 1. The molecule has 0 saturated carbocycles. The van der Waals surface area contributed by atoms with E-state index in [1.54, 1.807) is 25.1 Å². The SMILES string of the molecule is Cc1c2n(ccc1=O)N1[C@H](c3ccccc3)c3ccccc3OCC[C@H]1N(C)C2=O. The Morgan fingerprint density at radius 2 is 1.70 bits per heavy atom. The van der Waals surface area contributed by atoms with Crippen molar-refractivity contribution in [2.75, 3.05) is 18.7 Å². The van der Waals surface area contributed by atoms with Crippen molar-refractivity contribution in [3.63, 3.8) is 0 Å². The van der Waals surface area contributed by atoms with Crippen LogP contribution in [0.1, 0.15) is 39.6 Å². The number of benzene rings is 2. The van der Waals surface area contributed by atoms with E-state index in [0.29, 0.717) is 24.3 Å². The Kier molecular flexibility index (Phi) is 4.35. The molecule has 0 bridgehead atoms. The van der Waals surface area contributed by atoms with Gasteiger partial charge in [-0.25, -0.2) is 0 Å². The van der Waals surface area contributed by atoms with Crippen LogP contribution in [0.15, 0.2) is 71.7 Å². The highest BCUT2D eigenvalue weighted by atomic mass is 16.5. The molecule has 0 saturated heterocycles. The topological polar surface area (TPSA) is 54.8 Å². The van der Waals surface area contributed by atoms with E-state index < -0.39 is 0 Å². The summed E-state index contributed by atoms with van der Waals surface area (Å²) in [6, 6.07) is 19.6. The summed E-state index contributed by atoms with van der Waals surface area (Å²) < 4.78 is 8.00. The zero-order chi connectivity index (χ0) is 20.8. The van der Waals surface area contributed by atoms with Crippen molar-refractivity contribution in [2.24, 2.45) is 0 Å². The number of pyridine rings is 1. The molecule has 0 radical (unpaired) electrons. The Labute approximate surface area is 174 Å². The van der Waals surface area contributed by atoms with Gasteiger partial charge in [0.25, 0.3) is 5.91 Å². The van der Waals surface area contributed by atoms with Crippen LogP contribution in [0.25, 0.3) is 0 Å². The molecule has 2 aliphatic rings. The molecule has 1 aromatic heterocycles. The smallest absolute Gasteiger partial charge is 0.274 e. The second-order valence-corrected chi connectivity index (χ2v) is 7.76. The number of hydrogen-bond donors (Lipinski definition) is 0. The summed E-state index contributed by atoms with van der Waals surface area (Å²) in [5, 5.41) is 2.21. The van der Waals surface area contributed by atoms with E-state index in [1.165, 1.54) is 6.07 Å². The zero-order valence-electron chi connectivity index (χ0n) is 17.0. The summed E-state index contributed by atoms with van der Waals surface area (Å²) in [6.07, 6.45) is 2.15. The molecule has 5 rings (SSSR count). The molecular weight excluding hydrogens is 378 g/mol. The first kappa shape index (κ1) is 18.5. The predicted molar refractivity (Wildman–Crippen MR) is 114 cm³/mol. The van der Waals surface area contributed by atoms with Crippen molar-refractivity contribution < 1.29 is 9.53 Å². The number of nitrogens with zero attached hydrogens (tertiary/aromatic N) is 3. The first-order valence-electron chi connectivity index (χ1n) is 10.1. The van der Waals surface area contributed by atoms with Crippen LogP contribution in [0.4, 0.5) is 0 Å².